The normalized spacial score (nSPS) is 35.4. The van der Waals surface area contributed by atoms with Crippen LogP contribution in [0.1, 0.15) is 117 Å². The van der Waals surface area contributed by atoms with Crippen molar-refractivity contribution in [3.05, 3.63) is 0 Å². The molecular formula is C43H82O19. The van der Waals surface area contributed by atoms with Crippen molar-refractivity contribution in [2.45, 2.75) is 209 Å². The number of ether oxygens (including phenoxy) is 7. The van der Waals surface area contributed by atoms with E-state index in [1.165, 1.54) is 51.4 Å². The van der Waals surface area contributed by atoms with Crippen LogP contribution in [0.5, 0.6) is 0 Å². The molecule has 3 heterocycles. The van der Waals surface area contributed by atoms with Gasteiger partial charge in [0.25, 0.3) is 0 Å². The zero-order valence-corrected chi connectivity index (χ0v) is 36.9. The van der Waals surface area contributed by atoms with Gasteiger partial charge in [-0.05, 0) is 18.8 Å². The first-order valence-corrected chi connectivity index (χ1v) is 23.1. The highest BCUT2D eigenvalue weighted by Gasteiger charge is 2.49. The van der Waals surface area contributed by atoms with Crippen molar-refractivity contribution >= 4 is 0 Å². The zero-order chi connectivity index (χ0) is 45.7. The van der Waals surface area contributed by atoms with Crippen LogP contribution in [0.25, 0.3) is 0 Å². The molecule has 62 heavy (non-hydrogen) atoms. The topological polar surface area (TPSA) is 307 Å². The van der Waals surface area contributed by atoms with Crippen LogP contribution in [-0.2, 0) is 33.2 Å². The second-order valence-electron chi connectivity index (χ2n) is 17.7. The first-order chi connectivity index (χ1) is 29.8. The maximum Gasteiger partial charge on any atom is 0.186 e. The van der Waals surface area contributed by atoms with E-state index in [0.717, 1.165) is 51.4 Å². The lowest BCUT2D eigenvalue weighted by Crippen LogP contribution is -2.61. The molecule has 12 N–H and O–H groups in total. The summed E-state index contributed by atoms with van der Waals surface area (Å²) in [6.45, 7) is 0.786. The monoisotopic (exact) mass is 903 g/mol. The molecule has 0 bridgehead atoms. The lowest BCUT2D eigenvalue weighted by molar-refractivity contribution is -0.332. The van der Waals surface area contributed by atoms with E-state index in [0.29, 0.717) is 6.61 Å². The summed E-state index contributed by atoms with van der Waals surface area (Å²) in [5, 5.41) is 125. The number of aliphatic hydroxyl groups excluding tert-OH is 12. The third kappa shape index (κ3) is 17.2. The average Bonchev–Trinajstić information content (AvgIpc) is 3.27. The van der Waals surface area contributed by atoms with Crippen molar-refractivity contribution in [3.63, 3.8) is 0 Å². The Morgan fingerprint density at radius 3 is 1.02 bits per heavy atom. The molecule has 3 rings (SSSR count). The van der Waals surface area contributed by atoms with Crippen LogP contribution < -0.4 is 0 Å². The Morgan fingerprint density at radius 1 is 0.403 bits per heavy atom. The van der Waals surface area contributed by atoms with Crippen molar-refractivity contribution in [3.8, 4) is 0 Å². The van der Waals surface area contributed by atoms with E-state index in [-0.39, 0.29) is 12.5 Å². The zero-order valence-electron chi connectivity index (χ0n) is 36.9. The van der Waals surface area contributed by atoms with Gasteiger partial charge in [-0.3, -0.25) is 0 Å². The summed E-state index contributed by atoms with van der Waals surface area (Å²) in [4.78, 5) is 0. The molecule has 3 aliphatic rings. The molecule has 0 radical (unpaired) electrons. The van der Waals surface area contributed by atoms with E-state index >= 15 is 0 Å². The number of hydrogen-bond acceptors (Lipinski definition) is 19. The summed E-state index contributed by atoms with van der Waals surface area (Å²) in [5.74, 6) is 0.170. The van der Waals surface area contributed by atoms with Gasteiger partial charge in [0.2, 0.25) is 0 Å². The summed E-state index contributed by atoms with van der Waals surface area (Å²) in [6, 6.07) is 0. The highest BCUT2D eigenvalue weighted by atomic mass is 16.7. The van der Waals surface area contributed by atoms with Gasteiger partial charge in [0, 0.05) is 6.61 Å². The number of hydrogen-bond donors (Lipinski definition) is 12. The molecule has 0 aromatic carbocycles. The minimum absolute atomic E-state index is 0.170. The summed E-state index contributed by atoms with van der Waals surface area (Å²) in [7, 11) is 0. The molecule has 3 fully saturated rings. The van der Waals surface area contributed by atoms with Crippen molar-refractivity contribution in [2.75, 3.05) is 52.9 Å². The van der Waals surface area contributed by atoms with E-state index in [2.05, 4.69) is 13.8 Å². The fourth-order valence-corrected chi connectivity index (χ4v) is 8.18. The van der Waals surface area contributed by atoms with Crippen LogP contribution >= 0.6 is 0 Å². The molecule has 368 valence electrons. The molecule has 0 aliphatic carbocycles. The van der Waals surface area contributed by atoms with E-state index < -0.39 is 137 Å². The lowest BCUT2D eigenvalue weighted by atomic mass is 9.90. The van der Waals surface area contributed by atoms with Gasteiger partial charge >= 0.3 is 0 Å². The van der Waals surface area contributed by atoms with Crippen LogP contribution in [0.15, 0.2) is 0 Å². The lowest BCUT2D eigenvalue weighted by Gasteiger charge is -2.44. The second kappa shape index (κ2) is 29.8. The summed E-state index contributed by atoms with van der Waals surface area (Å²) in [6.07, 6.45) is -6.55. The van der Waals surface area contributed by atoms with E-state index in [1.54, 1.807) is 0 Å². The predicted molar refractivity (Wildman–Crippen MR) is 221 cm³/mol. The van der Waals surface area contributed by atoms with Crippen LogP contribution in [-0.4, -0.2) is 206 Å². The summed E-state index contributed by atoms with van der Waals surface area (Å²) >= 11 is 0. The van der Waals surface area contributed by atoms with E-state index in [1.807, 2.05) is 0 Å². The Hall–Kier alpha value is -0.760. The molecule has 0 aromatic rings. The molecular weight excluding hydrogens is 820 g/mol. The van der Waals surface area contributed by atoms with E-state index in [4.69, 9.17) is 33.2 Å². The van der Waals surface area contributed by atoms with Crippen molar-refractivity contribution in [1.29, 1.82) is 0 Å². The quantitative estimate of drug-likeness (QED) is 0.0373. The van der Waals surface area contributed by atoms with Gasteiger partial charge in [-0.25, -0.2) is 0 Å². The maximum atomic E-state index is 10.9. The Morgan fingerprint density at radius 2 is 0.710 bits per heavy atom. The Kier molecular flexibility index (Phi) is 26.7. The standard InChI is InChI=1S/C43H82O19/c1-3-5-7-9-11-13-15-17-27(18-16-14-12-10-8-6-4-2)22-56-23-43(24-57-40-37(53)34(50)31(47)28(19-44)60-40,25-58-41-38(54)35(51)32(48)29(20-45)61-41)26-59-42-39(55)36(52)33(49)30(21-46)62-42/h27-42,44-55H,3-26H2,1-2H3/t28?,29?,30?,31-,32-,33-,34+,35+,36+,37?,38?,39?,40-,41-,42-,43?/m1/s1. The number of unbranched alkanes of at least 4 members (excludes halogenated alkanes) is 12. The summed E-state index contributed by atoms with van der Waals surface area (Å²) < 4.78 is 41.4. The fourth-order valence-electron chi connectivity index (χ4n) is 8.18. The molecule has 0 amide bonds. The fraction of sp³-hybridized carbons (Fsp3) is 1.00. The minimum Gasteiger partial charge on any atom is -0.394 e. The van der Waals surface area contributed by atoms with Crippen LogP contribution in [0.2, 0.25) is 0 Å². The first kappa shape index (κ1) is 55.6. The molecule has 19 heteroatoms. The molecule has 6 unspecified atom stereocenters. The SMILES string of the molecule is CCCCCCCCCC(CCCCCCCCC)COCC(CO[C@@H]1OC(CO)[C@@H](O)[C@H](O)C1O)(CO[C@@H]1OC(CO)[C@@H](O)[C@H](O)C1O)CO[C@@H]1OC(CO)[C@@H](O)[C@H](O)C1O. The van der Waals surface area contributed by atoms with Gasteiger partial charge in [-0.2, -0.15) is 0 Å². The van der Waals surface area contributed by atoms with Crippen molar-refractivity contribution in [2.24, 2.45) is 11.3 Å². The first-order valence-electron chi connectivity index (χ1n) is 23.1. The van der Waals surface area contributed by atoms with Gasteiger partial charge in [-0.1, -0.05) is 104 Å². The third-order valence-corrected chi connectivity index (χ3v) is 12.4. The second-order valence-corrected chi connectivity index (χ2v) is 17.7. The molecule has 3 saturated heterocycles. The van der Waals surface area contributed by atoms with E-state index in [9.17, 15) is 61.3 Å². The largest absolute Gasteiger partial charge is 0.394 e. The van der Waals surface area contributed by atoms with Crippen LogP contribution in [0.4, 0.5) is 0 Å². The van der Waals surface area contributed by atoms with Crippen molar-refractivity contribution < 1.29 is 94.4 Å². The van der Waals surface area contributed by atoms with Crippen molar-refractivity contribution in [1.82, 2.24) is 0 Å². The molecule has 0 spiro atoms. The maximum absolute atomic E-state index is 10.9. The van der Waals surface area contributed by atoms with Crippen LogP contribution in [0.3, 0.4) is 0 Å². The average molecular weight is 903 g/mol. The Balaban J connectivity index is 1.90. The Labute approximate surface area is 366 Å². The van der Waals surface area contributed by atoms with Gasteiger partial charge < -0.3 is 94.4 Å². The molecule has 19 nitrogen and oxygen atoms in total. The van der Waals surface area contributed by atoms with Crippen LogP contribution in [0, 0.1) is 11.3 Å². The molecule has 0 saturated carbocycles. The molecule has 15 atom stereocenters. The van der Waals surface area contributed by atoms with Gasteiger partial charge in [0.05, 0.1) is 51.7 Å². The third-order valence-electron chi connectivity index (χ3n) is 12.4. The molecule has 3 aliphatic heterocycles. The van der Waals surface area contributed by atoms with Gasteiger partial charge in [0.1, 0.15) is 73.2 Å². The Bertz CT molecular complexity index is 1020. The summed E-state index contributed by atoms with van der Waals surface area (Å²) in [5.41, 5.74) is -1.54. The van der Waals surface area contributed by atoms with Gasteiger partial charge in [0.15, 0.2) is 18.9 Å². The van der Waals surface area contributed by atoms with Gasteiger partial charge in [-0.15, -0.1) is 0 Å². The molecule has 0 aromatic heterocycles. The minimum atomic E-state index is -1.79. The highest BCUT2D eigenvalue weighted by Crippen LogP contribution is 2.32. The highest BCUT2D eigenvalue weighted by molar-refractivity contribution is 4.93. The smallest absolute Gasteiger partial charge is 0.186 e. The number of aliphatic hydroxyl groups is 12. The number of rotatable bonds is 32. The predicted octanol–water partition coefficient (Wildman–Crippen LogP) is -0.663.